The van der Waals surface area contributed by atoms with Gasteiger partial charge in [0.2, 0.25) is 0 Å². The van der Waals surface area contributed by atoms with Gasteiger partial charge in [0.1, 0.15) is 5.54 Å². The van der Waals surface area contributed by atoms with E-state index in [1.54, 1.807) is 0 Å². The van der Waals surface area contributed by atoms with Gasteiger partial charge in [-0.1, -0.05) is 0 Å². The summed E-state index contributed by atoms with van der Waals surface area (Å²) in [4.78, 5) is 10.7. The van der Waals surface area contributed by atoms with E-state index in [4.69, 9.17) is 15.9 Å². The molecule has 6 heteroatoms. The Kier molecular flexibility index (Phi) is 6.58. The number of thioether (sulfide) groups is 1. The molecule has 0 aromatic carbocycles. The standard InChI is InChI=1S/C7H15NO3S2/c8-7(5-12,6(10)11)1-3-13-4-2-9/h9,12H,1-5,8H2,(H,10,11). The molecule has 4 N–H and O–H groups in total. The molecule has 0 aromatic heterocycles. The van der Waals surface area contributed by atoms with E-state index in [1.807, 2.05) is 0 Å². The molecule has 0 aliphatic heterocycles. The van der Waals surface area contributed by atoms with Crippen molar-refractivity contribution < 1.29 is 15.0 Å². The Morgan fingerprint density at radius 1 is 1.54 bits per heavy atom. The van der Waals surface area contributed by atoms with Crippen LogP contribution in [0.2, 0.25) is 0 Å². The fraction of sp³-hybridized carbons (Fsp3) is 0.857. The summed E-state index contributed by atoms with van der Waals surface area (Å²) >= 11 is 5.39. The second-order valence-corrected chi connectivity index (χ2v) is 4.25. The maximum Gasteiger partial charge on any atom is 0.324 e. The molecular weight excluding hydrogens is 210 g/mol. The van der Waals surface area contributed by atoms with E-state index in [1.165, 1.54) is 11.8 Å². The van der Waals surface area contributed by atoms with Gasteiger partial charge in [-0.05, 0) is 12.2 Å². The van der Waals surface area contributed by atoms with E-state index < -0.39 is 11.5 Å². The van der Waals surface area contributed by atoms with Crippen molar-refractivity contribution in [1.82, 2.24) is 0 Å². The quantitative estimate of drug-likeness (QED) is 0.357. The number of thiol groups is 1. The van der Waals surface area contributed by atoms with Crippen LogP contribution in [0, 0.1) is 0 Å². The third kappa shape index (κ3) is 4.75. The third-order valence-corrected chi connectivity index (χ3v) is 3.16. The Morgan fingerprint density at radius 2 is 2.15 bits per heavy atom. The van der Waals surface area contributed by atoms with Crippen molar-refractivity contribution in [2.45, 2.75) is 12.0 Å². The molecule has 1 atom stereocenters. The SMILES string of the molecule is NC(CS)(CCSCCO)C(=O)O. The molecule has 0 aromatic rings. The molecular formula is C7H15NO3S2. The first-order valence-corrected chi connectivity index (χ1v) is 5.67. The first-order chi connectivity index (χ1) is 6.06. The van der Waals surface area contributed by atoms with Crippen LogP contribution in [0.15, 0.2) is 0 Å². The zero-order valence-electron chi connectivity index (χ0n) is 7.27. The Hall–Kier alpha value is 0.0900. The van der Waals surface area contributed by atoms with E-state index in [-0.39, 0.29) is 12.4 Å². The number of carbonyl (C=O) groups is 1. The Bertz CT molecular complexity index is 168. The summed E-state index contributed by atoms with van der Waals surface area (Å²) in [6, 6.07) is 0. The summed E-state index contributed by atoms with van der Waals surface area (Å²) in [6.45, 7) is 0.107. The van der Waals surface area contributed by atoms with E-state index in [0.29, 0.717) is 17.9 Å². The lowest BCUT2D eigenvalue weighted by Crippen LogP contribution is -2.50. The van der Waals surface area contributed by atoms with Crippen molar-refractivity contribution >= 4 is 30.4 Å². The van der Waals surface area contributed by atoms with E-state index >= 15 is 0 Å². The number of aliphatic hydroxyl groups is 1. The van der Waals surface area contributed by atoms with Gasteiger partial charge in [0, 0.05) is 11.5 Å². The summed E-state index contributed by atoms with van der Waals surface area (Å²) < 4.78 is 0. The van der Waals surface area contributed by atoms with Gasteiger partial charge < -0.3 is 15.9 Å². The van der Waals surface area contributed by atoms with Crippen LogP contribution in [0.25, 0.3) is 0 Å². The Labute approximate surface area is 87.3 Å². The average molecular weight is 225 g/mol. The molecule has 0 amide bonds. The predicted molar refractivity (Wildman–Crippen MR) is 57.4 cm³/mol. The van der Waals surface area contributed by atoms with Crippen LogP contribution >= 0.6 is 24.4 Å². The molecule has 0 aliphatic rings. The molecule has 0 spiro atoms. The van der Waals surface area contributed by atoms with Crippen LogP contribution in [0.5, 0.6) is 0 Å². The van der Waals surface area contributed by atoms with Crippen LogP contribution in [0.1, 0.15) is 6.42 Å². The molecule has 0 heterocycles. The van der Waals surface area contributed by atoms with Gasteiger partial charge >= 0.3 is 5.97 Å². The molecule has 0 rings (SSSR count). The molecule has 0 fully saturated rings. The van der Waals surface area contributed by atoms with Crippen molar-refractivity contribution in [2.24, 2.45) is 5.73 Å². The van der Waals surface area contributed by atoms with Gasteiger partial charge in [-0.3, -0.25) is 4.79 Å². The van der Waals surface area contributed by atoms with Gasteiger partial charge in [-0.25, -0.2) is 0 Å². The zero-order chi connectivity index (χ0) is 10.3. The first kappa shape index (κ1) is 13.1. The van der Waals surface area contributed by atoms with Crippen molar-refractivity contribution in [2.75, 3.05) is 23.9 Å². The monoisotopic (exact) mass is 225 g/mol. The number of rotatable bonds is 7. The topological polar surface area (TPSA) is 83.5 Å². The highest BCUT2D eigenvalue weighted by atomic mass is 32.2. The van der Waals surface area contributed by atoms with Gasteiger partial charge in [0.15, 0.2) is 0 Å². The number of hydrogen-bond acceptors (Lipinski definition) is 5. The summed E-state index contributed by atoms with van der Waals surface area (Å²) in [5, 5.41) is 17.2. The first-order valence-electron chi connectivity index (χ1n) is 3.88. The summed E-state index contributed by atoms with van der Waals surface area (Å²) in [7, 11) is 0. The fourth-order valence-corrected chi connectivity index (χ4v) is 1.81. The van der Waals surface area contributed by atoms with Gasteiger partial charge in [-0.15, -0.1) is 0 Å². The summed E-state index contributed by atoms with van der Waals surface area (Å²) in [6.07, 6.45) is 0.372. The molecule has 0 bridgehead atoms. The molecule has 4 nitrogen and oxygen atoms in total. The highest BCUT2D eigenvalue weighted by Crippen LogP contribution is 2.13. The highest BCUT2D eigenvalue weighted by Gasteiger charge is 2.31. The lowest BCUT2D eigenvalue weighted by molar-refractivity contribution is -0.142. The Balaban J connectivity index is 3.78. The lowest BCUT2D eigenvalue weighted by atomic mass is 10.0. The number of carboxylic acid groups (broad SMARTS) is 1. The van der Waals surface area contributed by atoms with E-state index in [2.05, 4.69) is 12.6 Å². The number of aliphatic hydroxyl groups excluding tert-OH is 1. The van der Waals surface area contributed by atoms with Crippen LogP contribution in [-0.4, -0.2) is 45.6 Å². The van der Waals surface area contributed by atoms with Crippen molar-refractivity contribution in [1.29, 1.82) is 0 Å². The molecule has 0 saturated heterocycles. The summed E-state index contributed by atoms with van der Waals surface area (Å²) in [5.41, 5.74) is 4.34. The van der Waals surface area contributed by atoms with Crippen molar-refractivity contribution in [3.8, 4) is 0 Å². The smallest absolute Gasteiger partial charge is 0.324 e. The maximum absolute atomic E-state index is 10.7. The number of nitrogens with two attached hydrogens (primary N) is 1. The van der Waals surface area contributed by atoms with Crippen LogP contribution in [0.3, 0.4) is 0 Å². The predicted octanol–water partition coefficient (Wildman–Crippen LogP) is -0.186. The van der Waals surface area contributed by atoms with Crippen LogP contribution in [0.4, 0.5) is 0 Å². The van der Waals surface area contributed by atoms with Crippen molar-refractivity contribution in [3.63, 3.8) is 0 Å². The van der Waals surface area contributed by atoms with Gasteiger partial charge in [-0.2, -0.15) is 24.4 Å². The second-order valence-electron chi connectivity index (χ2n) is 2.71. The molecule has 1 unspecified atom stereocenters. The van der Waals surface area contributed by atoms with Gasteiger partial charge in [0.05, 0.1) is 6.61 Å². The fourth-order valence-electron chi connectivity index (χ4n) is 0.675. The average Bonchev–Trinajstić information content (AvgIpc) is 2.12. The minimum Gasteiger partial charge on any atom is -0.480 e. The van der Waals surface area contributed by atoms with E-state index in [9.17, 15) is 4.79 Å². The lowest BCUT2D eigenvalue weighted by Gasteiger charge is -2.21. The maximum atomic E-state index is 10.7. The molecule has 0 aliphatic carbocycles. The number of aliphatic carboxylic acids is 1. The highest BCUT2D eigenvalue weighted by molar-refractivity contribution is 7.99. The van der Waals surface area contributed by atoms with Crippen LogP contribution in [-0.2, 0) is 4.79 Å². The van der Waals surface area contributed by atoms with E-state index in [0.717, 1.165) is 0 Å². The third-order valence-electron chi connectivity index (χ3n) is 1.64. The van der Waals surface area contributed by atoms with Gasteiger partial charge in [0.25, 0.3) is 0 Å². The number of carboxylic acids is 1. The minimum atomic E-state index is -1.23. The summed E-state index contributed by atoms with van der Waals surface area (Å²) in [5.74, 6) is 0.348. The molecule has 13 heavy (non-hydrogen) atoms. The van der Waals surface area contributed by atoms with Crippen molar-refractivity contribution in [3.05, 3.63) is 0 Å². The normalized spacial score (nSPS) is 15.3. The molecule has 78 valence electrons. The minimum absolute atomic E-state index is 0.107. The second kappa shape index (κ2) is 6.53. The molecule has 0 radical (unpaired) electrons. The zero-order valence-corrected chi connectivity index (χ0v) is 8.98. The number of hydrogen-bond donors (Lipinski definition) is 4. The molecule has 0 saturated carbocycles. The largest absolute Gasteiger partial charge is 0.480 e. The Morgan fingerprint density at radius 3 is 2.54 bits per heavy atom. The van der Waals surface area contributed by atoms with Crippen LogP contribution < -0.4 is 5.73 Å².